The summed E-state index contributed by atoms with van der Waals surface area (Å²) >= 11 is 1.17. The second-order valence-electron chi connectivity index (χ2n) is 5.21. The summed E-state index contributed by atoms with van der Waals surface area (Å²) in [5, 5.41) is 12.8. The SMILES string of the molecule is Cc1ccc(Nc2nc(N)c(C(=O)c3ccccc3C#N)s2)cc1. The molecule has 3 N–H and O–H groups in total. The third kappa shape index (κ3) is 3.12. The van der Waals surface area contributed by atoms with Crippen LogP contribution in [0.2, 0.25) is 0 Å². The van der Waals surface area contributed by atoms with Crippen LogP contribution in [0.25, 0.3) is 0 Å². The number of carbonyl (C=O) groups is 1. The maximum atomic E-state index is 12.7. The molecule has 118 valence electrons. The number of rotatable bonds is 4. The monoisotopic (exact) mass is 334 g/mol. The molecule has 0 amide bonds. The number of hydrogen-bond donors (Lipinski definition) is 2. The summed E-state index contributed by atoms with van der Waals surface area (Å²) in [4.78, 5) is 17.2. The van der Waals surface area contributed by atoms with Gasteiger partial charge < -0.3 is 11.1 Å². The first-order valence-electron chi connectivity index (χ1n) is 7.22. The smallest absolute Gasteiger partial charge is 0.208 e. The summed E-state index contributed by atoms with van der Waals surface area (Å²) in [7, 11) is 0. The van der Waals surface area contributed by atoms with Crippen molar-refractivity contribution in [2.45, 2.75) is 6.92 Å². The molecule has 0 saturated carbocycles. The van der Waals surface area contributed by atoms with Gasteiger partial charge >= 0.3 is 0 Å². The number of nitriles is 1. The van der Waals surface area contributed by atoms with Gasteiger partial charge in [-0.15, -0.1) is 0 Å². The highest BCUT2D eigenvalue weighted by Gasteiger charge is 2.20. The van der Waals surface area contributed by atoms with Crippen LogP contribution < -0.4 is 11.1 Å². The third-order valence-corrected chi connectivity index (χ3v) is 4.44. The van der Waals surface area contributed by atoms with E-state index in [4.69, 9.17) is 11.0 Å². The molecule has 1 aromatic heterocycles. The molecular weight excluding hydrogens is 320 g/mol. The third-order valence-electron chi connectivity index (χ3n) is 3.45. The van der Waals surface area contributed by atoms with Crippen molar-refractivity contribution in [2.24, 2.45) is 0 Å². The summed E-state index contributed by atoms with van der Waals surface area (Å²) in [6, 6.07) is 16.5. The maximum Gasteiger partial charge on any atom is 0.208 e. The molecule has 3 rings (SSSR count). The molecule has 24 heavy (non-hydrogen) atoms. The molecule has 3 aromatic rings. The van der Waals surface area contributed by atoms with Crippen LogP contribution >= 0.6 is 11.3 Å². The number of hydrogen-bond acceptors (Lipinski definition) is 6. The van der Waals surface area contributed by atoms with Crippen LogP contribution in [0.4, 0.5) is 16.6 Å². The molecule has 0 aliphatic heterocycles. The highest BCUT2D eigenvalue weighted by Crippen LogP contribution is 2.30. The van der Waals surface area contributed by atoms with Crippen molar-refractivity contribution < 1.29 is 4.79 Å². The average Bonchev–Trinajstić information content (AvgIpc) is 2.96. The lowest BCUT2D eigenvalue weighted by Gasteiger charge is -2.02. The zero-order chi connectivity index (χ0) is 17.1. The van der Waals surface area contributed by atoms with Gasteiger partial charge in [-0.05, 0) is 31.2 Å². The molecule has 0 radical (unpaired) electrons. The molecular formula is C18H14N4OS. The molecule has 0 aliphatic rings. The van der Waals surface area contributed by atoms with E-state index in [2.05, 4.69) is 10.3 Å². The second kappa shape index (κ2) is 6.52. The van der Waals surface area contributed by atoms with E-state index in [1.807, 2.05) is 37.3 Å². The Morgan fingerprint density at radius 1 is 1.21 bits per heavy atom. The number of thiazole rings is 1. The molecule has 0 unspecified atom stereocenters. The van der Waals surface area contributed by atoms with Crippen LogP contribution in [0, 0.1) is 18.3 Å². The van der Waals surface area contributed by atoms with Crippen LogP contribution in [0.15, 0.2) is 48.5 Å². The van der Waals surface area contributed by atoms with E-state index < -0.39 is 0 Å². The Morgan fingerprint density at radius 2 is 1.92 bits per heavy atom. The molecule has 0 fully saturated rings. The summed E-state index contributed by atoms with van der Waals surface area (Å²) in [5.74, 6) is -0.133. The standard InChI is InChI=1S/C18H14N4OS/c1-11-6-8-13(9-7-11)21-18-22-17(20)16(24-18)15(23)14-5-3-2-4-12(14)10-19/h2-9H,20H2,1H3,(H,21,22). The van der Waals surface area contributed by atoms with E-state index in [0.717, 1.165) is 11.3 Å². The highest BCUT2D eigenvalue weighted by molar-refractivity contribution is 7.18. The average molecular weight is 334 g/mol. The molecule has 6 heteroatoms. The zero-order valence-electron chi connectivity index (χ0n) is 12.9. The lowest BCUT2D eigenvalue weighted by atomic mass is 10.0. The largest absolute Gasteiger partial charge is 0.382 e. The van der Waals surface area contributed by atoms with Crippen molar-refractivity contribution in [2.75, 3.05) is 11.1 Å². The first kappa shape index (κ1) is 15.7. The molecule has 5 nitrogen and oxygen atoms in total. The van der Waals surface area contributed by atoms with Crippen molar-refractivity contribution in [1.29, 1.82) is 5.26 Å². The minimum Gasteiger partial charge on any atom is -0.382 e. The van der Waals surface area contributed by atoms with Crippen LogP contribution in [-0.2, 0) is 0 Å². The molecule has 0 spiro atoms. The van der Waals surface area contributed by atoms with E-state index in [-0.39, 0.29) is 11.6 Å². The zero-order valence-corrected chi connectivity index (χ0v) is 13.7. The maximum absolute atomic E-state index is 12.7. The van der Waals surface area contributed by atoms with Crippen LogP contribution in [0.1, 0.15) is 26.4 Å². The summed E-state index contributed by atoms with van der Waals surface area (Å²) in [5.41, 5.74) is 8.58. The lowest BCUT2D eigenvalue weighted by molar-refractivity contribution is 0.104. The first-order valence-corrected chi connectivity index (χ1v) is 8.04. The fraction of sp³-hybridized carbons (Fsp3) is 0.0556. The van der Waals surface area contributed by atoms with Gasteiger partial charge in [-0.1, -0.05) is 41.2 Å². The van der Waals surface area contributed by atoms with Crippen molar-refractivity contribution in [3.8, 4) is 6.07 Å². The Hall–Kier alpha value is -3.17. The Bertz CT molecular complexity index is 938. The number of nitrogens with two attached hydrogens (primary N) is 1. The van der Waals surface area contributed by atoms with Gasteiger partial charge in [0, 0.05) is 11.3 Å². The van der Waals surface area contributed by atoms with Crippen LogP contribution in [0.3, 0.4) is 0 Å². The van der Waals surface area contributed by atoms with Gasteiger partial charge in [0.05, 0.1) is 11.6 Å². The quantitative estimate of drug-likeness (QED) is 0.706. The molecule has 0 bridgehead atoms. The van der Waals surface area contributed by atoms with Crippen molar-refractivity contribution in [3.05, 3.63) is 70.1 Å². The van der Waals surface area contributed by atoms with Gasteiger partial charge in [-0.2, -0.15) is 5.26 Å². The van der Waals surface area contributed by atoms with Crippen molar-refractivity contribution in [1.82, 2.24) is 4.98 Å². The predicted molar refractivity (Wildman–Crippen MR) is 95.6 cm³/mol. The number of nitrogens with one attached hydrogen (secondary N) is 1. The minimum absolute atomic E-state index is 0.160. The van der Waals surface area contributed by atoms with E-state index in [0.29, 0.717) is 21.1 Å². The number of aromatic nitrogens is 1. The number of carbonyl (C=O) groups excluding carboxylic acids is 1. The van der Waals surface area contributed by atoms with E-state index >= 15 is 0 Å². The highest BCUT2D eigenvalue weighted by atomic mass is 32.1. The van der Waals surface area contributed by atoms with Gasteiger partial charge in [0.1, 0.15) is 10.7 Å². The molecule has 1 heterocycles. The number of ketones is 1. The van der Waals surface area contributed by atoms with E-state index in [1.165, 1.54) is 11.3 Å². The Kier molecular flexibility index (Phi) is 4.27. The molecule has 0 aliphatic carbocycles. The fourth-order valence-electron chi connectivity index (χ4n) is 2.21. The normalized spacial score (nSPS) is 10.2. The number of benzene rings is 2. The fourth-order valence-corrected chi connectivity index (χ4v) is 3.07. The Morgan fingerprint density at radius 3 is 2.62 bits per heavy atom. The molecule has 0 atom stereocenters. The number of aryl methyl sites for hydroxylation is 1. The van der Waals surface area contributed by atoms with Crippen LogP contribution in [0.5, 0.6) is 0 Å². The molecule has 0 saturated heterocycles. The van der Waals surface area contributed by atoms with E-state index in [1.54, 1.807) is 24.3 Å². The van der Waals surface area contributed by atoms with E-state index in [9.17, 15) is 4.79 Å². The van der Waals surface area contributed by atoms with Gasteiger partial charge in [-0.25, -0.2) is 4.98 Å². The van der Waals surface area contributed by atoms with Gasteiger partial charge in [0.15, 0.2) is 5.13 Å². The van der Waals surface area contributed by atoms with Gasteiger partial charge in [-0.3, -0.25) is 4.79 Å². The minimum atomic E-state index is -0.292. The van der Waals surface area contributed by atoms with Crippen molar-refractivity contribution in [3.63, 3.8) is 0 Å². The van der Waals surface area contributed by atoms with Crippen molar-refractivity contribution >= 4 is 33.8 Å². The summed E-state index contributed by atoms with van der Waals surface area (Å²) in [6.07, 6.45) is 0. The Balaban J connectivity index is 1.90. The number of nitrogens with zero attached hydrogens (tertiary/aromatic N) is 2. The first-order chi connectivity index (χ1) is 11.6. The van der Waals surface area contributed by atoms with Crippen LogP contribution in [-0.4, -0.2) is 10.8 Å². The number of anilines is 3. The second-order valence-corrected chi connectivity index (χ2v) is 6.21. The summed E-state index contributed by atoms with van der Waals surface area (Å²) < 4.78 is 0. The lowest BCUT2D eigenvalue weighted by Crippen LogP contribution is -2.04. The topological polar surface area (TPSA) is 91.8 Å². The number of nitrogen functional groups attached to an aromatic ring is 1. The summed E-state index contributed by atoms with van der Waals surface area (Å²) in [6.45, 7) is 2.01. The van der Waals surface area contributed by atoms with Gasteiger partial charge in [0.2, 0.25) is 5.78 Å². The predicted octanol–water partition coefficient (Wildman–Crippen LogP) is 3.88. The van der Waals surface area contributed by atoms with Gasteiger partial charge in [0.25, 0.3) is 0 Å². The molecule has 2 aromatic carbocycles. The Labute approximate surface area is 143 Å².